The molecule has 0 saturated heterocycles. The van der Waals surface area contributed by atoms with Crippen molar-refractivity contribution in [3.8, 4) is 11.3 Å². The highest BCUT2D eigenvalue weighted by Gasteiger charge is 2.24. The number of nitrogens with zero attached hydrogens (tertiary/aromatic N) is 2. The van der Waals surface area contributed by atoms with Crippen LogP contribution in [0.1, 0.15) is 20.7 Å². The number of pyridine rings is 1. The molecule has 0 aliphatic rings. The van der Waals surface area contributed by atoms with Crippen LogP contribution < -0.4 is 11.1 Å². The Morgan fingerprint density at radius 2 is 1.92 bits per heavy atom. The molecule has 0 aliphatic carbocycles. The van der Waals surface area contributed by atoms with E-state index >= 15 is 0 Å². The first-order chi connectivity index (χ1) is 11.6. The van der Waals surface area contributed by atoms with Crippen LogP contribution in [-0.2, 0) is 0 Å². The summed E-state index contributed by atoms with van der Waals surface area (Å²) in [5.41, 5.74) is 6.08. The third-order valence-corrected chi connectivity index (χ3v) is 3.21. The third-order valence-electron chi connectivity index (χ3n) is 3.21. The van der Waals surface area contributed by atoms with Gasteiger partial charge in [0.15, 0.2) is 0 Å². The maximum atomic E-state index is 13.2. The molecule has 2 aromatic heterocycles. The molecule has 1 aromatic carbocycles. The molecule has 0 atom stereocenters. The number of primary amides is 1. The molecule has 24 heavy (non-hydrogen) atoms. The molecule has 0 spiro atoms. The second-order valence-corrected chi connectivity index (χ2v) is 4.80. The van der Waals surface area contributed by atoms with E-state index in [1.165, 1.54) is 30.6 Å². The Morgan fingerprint density at radius 3 is 2.58 bits per heavy atom. The smallest absolute Gasteiger partial charge is 0.258 e. The van der Waals surface area contributed by atoms with Crippen molar-refractivity contribution >= 4 is 17.7 Å². The van der Waals surface area contributed by atoms with E-state index in [1.807, 2.05) is 0 Å². The van der Waals surface area contributed by atoms with Crippen molar-refractivity contribution in [2.45, 2.75) is 0 Å². The molecule has 0 aliphatic heterocycles. The number of nitrogens with two attached hydrogens (primary N) is 1. The van der Waals surface area contributed by atoms with Crippen LogP contribution in [-0.4, -0.2) is 22.0 Å². The van der Waals surface area contributed by atoms with Gasteiger partial charge in [-0.05, 0) is 30.3 Å². The first-order valence-electron chi connectivity index (χ1n) is 6.83. The Bertz CT molecular complexity index is 909. The summed E-state index contributed by atoms with van der Waals surface area (Å²) in [5.74, 6) is -2.25. The number of hydrogen-bond donors (Lipinski definition) is 2. The molecule has 0 bridgehead atoms. The van der Waals surface area contributed by atoms with E-state index < -0.39 is 17.6 Å². The number of hydrogen-bond acceptors (Lipinski definition) is 5. The number of carbonyl (C=O) groups is 2. The van der Waals surface area contributed by atoms with Crippen LogP contribution in [0.2, 0.25) is 0 Å². The molecule has 2 amide bonds. The summed E-state index contributed by atoms with van der Waals surface area (Å²) in [6, 6.07) is 8.30. The fourth-order valence-corrected chi connectivity index (χ4v) is 2.12. The molecule has 8 heteroatoms. The van der Waals surface area contributed by atoms with Crippen molar-refractivity contribution in [2.24, 2.45) is 5.73 Å². The van der Waals surface area contributed by atoms with Crippen LogP contribution in [0.25, 0.3) is 11.3 Å². The predicted octanol–water partition coefficient (Wildman–Crippen LogP) is 2.23. The summed E-state index contributed by atoms with van der Waals surface area (Å²) in [6.45, 7) is 0. The highest BCUT2D eigenvalue weighted by molar-refractivity contribution is 6.09. The maximum absolute atomic E-state index is 13.2. The Balaban J connectivity index is 1.96. The number of carbonyl (C=O) groups excluding carboxylic acids is 2. The zero-order valence-electron chi connectivity index (χ0n) is 12.2. The molecule has 120 valence electrons. The van der Waals surface area contributed by atoms with Crippen LogP contribution in [0.5, 0.6) is 0 Å². The van der Waals surface area contributed by atoms with Gasteiger partial charge >= 0.3 is 0 Å². The maximum Gasteiger partial charge on any atom is 0.258 e. The van der Waals surface area contributed by atoms with E-state index in [0.29, 0.717) is 5.56 Å². The summed E-state index contributed by atoms with van der Waals surface area (Å²) < 4.78 is 18.2. The number of benzene rings is 1. The number of amides is 2. The summed E-state index contributed by atoms with van der Waals surface area (Å²) in [5, 5.41) is 6.15. The molecule has 0 fully saturated rings. The fraction of sp³-hybridized carbons (Fsp3) is 0. The predicted molar refractivity (Wildman–Crippen MR) is 82.6 cm³/mol. The van der Waals surface area contributed by atoms with Gasteiger partial charge in [-0.15, -0.1) is 0 Å². The van der Waals surface area contributed by atoms with Crippen LogP contribution in [0.4, 0.5) is 10.3 Å². The van der Waals surface area contributed by atoms with E-state index in [2.05, 4.69) is 15.5 Å². The SMILES string of the molecule is NC(=O)c1c(-c2ccncc2)noc1NC(=O)c1cccc(F)c1. The Labute approximate surface area is 135 Å². The van der Waals surface area contributed by atoms with Gasteiger partial charge in [0, 0.05) is 23.5 Å². The minimum absolute atomic E-state index is 0.0623. The first-order valence-corrected chi connectivity index (χ1v) is 6.83. The van der Waals surface area contributed by atoms with Crippen molar-refractivity contribution in [2.75, 3.05) is 5.32 Å². The highest BCUT2D eigenvalue weighted by Crippen LogP contribution is 2.28. The van der Waals surface area contributed by atoms with E-state index in [-0.39, 0.29) is 22.7 Å². The van der Waals surface area contributed by atoms with Crippen LogP contribution >= 0.6 is 0 Å². The topological polar surface area (TPSA) is 111 Å². The zero-order chi connectivity index (χ0) is 17.1. The van der Waals surface area contributed by atoms with Crippen molar-refractivity contribution in [1.82, 2.24) is 10.1 Å². The fourth-order valence-electron chi connectivity index (χ4n) is 2.12. The lowest BCUT2D eigenvalue weighted by molar-refractivity contribution is 0.100. The van der Waals surface area contributed by atoms with E-state index in [0.717, 1.165) is 6.07 Å². The molecule has 7 nitrogen and oxygen atoms in total. The molecule has 0 saturated carbocycles. The molecule has 3 aromatic rings. The average molecular weight is 326 g/mol. The standard InChI is InChI=1S/C16H11FN4O3/c17-11-3-1-2-10(8-11)15(23)20-16-12(14(18)22)13(21-24-16)9-4-6-19-7-5-9/h1-8H,(H2,18,22)(H,20,23). The highest BCUT2D eigenvalue weighted by atomic mass is 19.1. The lowest BCUT2D eigenvalue weighted by atomic mass is 10.1. The second-order valence-electron chi connectivity index (χ2n) is 4.80. The minimum Gasteiger partial charge on any atom is -0.365 e. The molecule has 0 radical (unpaired) electrons. The zero-order valence-corrected chi connectivity index (χ0v) is 12.2. The van der Waals surface area contributed by atoms with Crippen molar-refractivity contribution in [1.29, 1.82) is 0 Å². The van der Waals surface area contributed by atoms with Crippen molar-refractivity contribution in [3.05, 3.63) is 65.7 Å². The van der Waals surface area contributed by atoms with Crippen molar-refractivity contribution in [3.63, 3.8) is 0 Å². The van der Waals surface area contributed by atoms with E-state index in [9.17, 15) is 14.0 Å². The quantitative estimate of drug-likeness (QED) is 0.763. The third kappa shape index (κ3) is 2.98. The lowest BCUT2D eigenvalue weighted by Gasteiger charge is -2.03. The number of aromatic nitrogens is 2. The Morgan fingerprint density at radius 1 is 1.17 bits per heavy atom. The monoisotopic (exact) mass is 326 g/mol. The number of anilines is 1. The van der Waals surface area contributed by atoms with Gasteiger partial charge < -0.3 is 10.3 Å². The average Bonchev–Trinajstić information content (AvgIpc) is 2.99. The summed E-state index contributed by atoms with van der Waals surface area (Å²) >= 11 is 0. The van der Waals surface area contributed by atoms with Gasteiger partial charge in [-0.25, -0.2) is 4.39 Å². The van der Waals surface area contributed by atoms with Crippen molar-refractivity contribution < 1.29 is 18.5 Å². The largest absolute Gasteiger partial charge is 0.365 e. The molecule has 2 heterocycles. The van der Waals surface area contributed by atoms with E-state index in [4.69, 9.17) is 10.3 Å². The number of nitrogens with one attached hydrogen (secondary N) is 1. The molecule has 0 unspecified atom stereocenters. The number of halogens is 1. The van der Waals surface area contributed by atoms with Gasteiger partial charge in [0.1, 0.15) is 17.1 Å². The minimum atomic E-state index is -0.822. The lowest BCUT2D eigenvalue weighted by Crippen LogP contribution is -2.17. The van der Waals surface area contributed by atoms with Gasteiger partial charge in [-0.1, -0.05) is 11.2 Å². The second kappa shape index (κ2) is 6.29. The normalized spacial score (nSPS) is 10.4. The van der Waals surface area contributed by atoms with Crippen LogP contribution in [0.3, 0.4) is 0 Å². The van der Waals surface area contributed by atoms with Gasteiger partial charge in [-0.3, -0.25) is 19.9 Å². The Kier molecular flexibility index (Phi) is 4.02. The molecule has 3 rings (SSSR count). The summed E-state index contributed by atoms with van der Waals surface area (Å²) in [6.07, 6.45) is 3.03. The summed E-state index contributed by atoms with van der Waals surface area (Å²) in [7, 11) is 0. The van der Waals surface area contributed by atoms with Gasteiger partial charge in [-0.2, -0.15) is 0 Å². The van der Waals surface area contributed by atoms with Crippen LogP contribution in [0.15, 0.2) is 53.3 Å². The first kappa shape index (κ1) is 15.3. The van der Waals surface area contributed by atoms with E-state index in [1.54, 1.807) is 12.1 Å². The molecular formula is C16H11FN4O3. The van der Waals surface area contributed by atoms with Gasteiger partial charge in [0.2, 0.25) is 5.88 Å². The van der Waals surface area contributed by atoms with Crippen LogP contribution in [0, 0.1) is 5.82 Å². The van der Waals surface area contributed by atoms with Gasteiger partial charge in [0.05, 0.1) is 0 Å². The molecule has 3 N–H and O–H groups in total. The number of rotatable bonds is 4. The summed E-state index contributed by atoms with van der Waals surface area (Å²) in [4.78, 5) is 27.8. The molecular weight excluding hydrogens is 315 g/mol. The Hall–Kier alpha value is -3.55. The van der Waals surface area contributed by atoms with Gasteiger partial charge in [0.25, 0.3) is 11.8 Å².